The van der Waals surface area contributed by atoms with Crippen LogP contribution in [0.5, 0.6) is 0 Å². The number of hydrogen-bond donors (Lipinski definition) is 2. The van der Waals surface area contributed by atoms with Gasteiger partial charge in [-0.05, 0) is 19.1 Å². The third-order valence-electron chi connectivity index (χ3n) is 4.14. The minimum atomic E-state index is -0.203. The average Bonchev–Trinajstić information content (AvgIpc) is 2.64. The molecule has 1 heterocycles. The van der Waals surface area contributed by atoms with Gasteiger partial charge in [-0.25, -0.2) is 0 Å². The van der Waals surface area contributed by atoms with Crippen LogP contribution < -0.4 is 10.6 Å². The van der Waals surface area contributed by atoms with E-state index in [9.17, 15) is 9.59 Å². The molecule has 0 saturated carbocycles. The number of carbonyl (C=O) groups excluding carboxylic acids is 2. The van der Waals surface area contributed by atoms with Crippen molar-refractivity contribution < 1.29 is 9.59 Å². The molecule has 7 nitrogen and oxygen atoms in total. The van der Waals surface area contributed by atoms with Crippen LogP contribution in [0.25, 0.3) is 0 Å². The summed E-state index contributed by atoms with van der Waals surface area (Å²) >= 11 is 6.03. The molecule has 9 heteroatoms. The topological polar surface area (TPSA) is 77.0 Å². The van der Waals surface area contributed by atoms with Crippen LogP contribution in [0.3, 0.4) is 0 Å². The highest BCUT2D eigenvalue weighted by Crippen LogP contribution is 2.14. The molecule has 0 aromatic heterocycles. The number of benzene rings is 1. The van der Waals surface area contributed by atoms with Gasteiger partial charge < -0.3 is 20.4 Å². The number of amides is 2. The van der Waals surface area contributed by atoms with Crippen molar-refractivity contribution in [3.8, 4) is 0 Å². The van der Waals surface area contributed by atoms with Crippen molar-refractivity contribution in [3.05, 3.63) is 34.9 Å². The van der Waals surface area contributed by atoms with Gasteiger partial charge in [0.25, 0.3) is 5.91 Å². The lowest BCUT2D eigenvalue weighted by atomic mass is 10.2. The fraction of sp³-hybridized carbons (Fsp3) is 0.500. The summed E-state index contributed by atoms with van der Waals surface area (Å²) in [5.74, 6) is 0.711. The zero-order valence-corrected chi connectivity index (χ0v) is 18.8. The van der Waals surface area contributed by atoms with Gasteiger partial charge in [-0.15, -0.1) is 24.0 Å². The minimum absolute atomic E-state index is 0. The van der Waals surface area contributed by atoms with Gasteiger partial charge >= 0.3 is 0 Å². The first kappa shape index (κ1) is 23.5. The van der Waals surface area contributed by atoms with E-state index < -0.39 is 0 Å². The third kappa shape index (κ3) is 7.17. The summed E-state index contributed by atoms with van der Waals surface area (Å²) in [6.45, 7) is 8.15. The Morgan fingerprint density at radius 1 is 1.11 bits per heavy atom. The number of piperazine rings is 1. The standard InChI is InChI=1S/C18H26ClN5O2.HI/c1-3-20-18(24-12-10-23(11-13-24)14(2)25)22-9-8-21-17(26)15-6-4-5-7-16(15)19;/h4-7H,3,8-13H2,1-2H3,(H,20,22)(H,21,26);1H. The van der Waals surface area contributed by atoms with Gasteiger partial charge in [0.1, 0.15) is 0 Å². The number of rotatable bonds is 5. The van der Waals surface area contributed by atoms with Crippen molar-refractivity contribution in [2.75, 3.05) is 45.8 Å². The molecule has 0 bridgehead atoms. The molecule has 0 spiro atoms. The van der Waals surface area contributed by atoms with Gasteiger partial charge in [0.15, 0.2) is 5.96 Å². The van der Waals surface area contributed by atoms with Crippen molar-refractivity contribution in [2.45, 2.75) is 13.8 Å². The fourth-order valence-electron chi connectivity index (χ4n) is 2.73. The van der Waals surface area contributed by atoms with Gasteiger partial charge in [0, 0.05) is 46.2 Å². The lowest BCUT2D eigenvalue weighted by molar-refractivity contribution is -0.130. The number of nitrogens with one attached hydrogen (secondary N) is 2. The van der Waals surface area contributed by atoms with Crippen molar-refractivity contribution in [2.24, 2.45) is 4.99 Å². The summed E-state index contributed by atoms with van der Waals surface area (Å²) in [6.07, 6.45) is 0. The average molecular weight is 508 g/mol. The zero-order chi connectivity index (χ0) is 18.9. The number of guanidine groups is 1. The second kappa shape index (κ2) is 12.0. The summed E-state index contributed by atoms with van der Waals surface area (Å²) in [7, 11) is 0. The predicted octanol–water partition coefficient (Wildman–Crippen LogP) is 1.82. The van der Waals surface area contributed by atoms with E-state index in [1.165, 1.54) is 0 Å². The normalized spacial score (nSPS) is 14.4. The monoisotopic (exact) mass is 507 g/mol. The quantitative estimate of drug-likeness (QED) is 0.276. The third-order valence-corrected chi connectivity index (χ3v) is 4.47. The molecule has 1 aliphatic rings. The zero-order valence-electron chi connectivity index (χ0n) is 15.7. The molecule has 27 heavy (non-hydrogen) atoms. The first-order chi connectivity index (χ1) is 12.5. The van der Waals surface area contributed by atoms with Gasteiger partial charge in [-0.1, -0.05) is 23.7 Å². The summed E-state index contributed by atoms with van der Waals surface area (Å²) in [6, 6.07) is 6.96. The number of aliphatic imine (C=N–C) groups is 1. The Morgan fingerprint density at radius 2 is 1.74 bits per heavy atom. The molecule has 0 atom stereocenters. The molecule has 1 aliphatic heterocycles. The lowest BCUT2D eigenvalue weighted by Gasteiger charge is -2.36. The van der Waals surface area contributed by atoms with E-state index in [4.69, 9.17) is 11.6 Å². The molecule has 0 radical (unpaired) electrons. The summed E-state index contributed by atoms with van der Waals surface area (Å²) < 4.78 is 0. The van der Waals surface area contributed by atoms with E-state index in [1.807, 2.05) is 11.8 Å². The summed E-state index contributed by atoms with van der Waals surface area (Å²) in [4.78, 5) is 32.1. The molecular formula is C18H27ClIN5O2. The van der Waals surface area contributed by atoms with Gasteiger partial charge in [-0.3, -0.25) is 14.6 Å². The van der Waals surface area contributed by atoms with E-state index in [2.05, 4.69) is 20.5 Å². The first-order valence-corrected chi connectivity index (χ1v) is 9.22. The maximum absolute atomic E-state index is 12.1. The number of hydrogen-bond acceptors (Lipinski definition) is 3. The highest BCUT2D eigenvalue weighted by atomic mass is 127. The van der Waals surface area contributed by atoms with Crippen LogP contribution in [0, 0.1) is 0 Å². The van der Waals surface area contributed by atoms with Gasteiger partial charge in [-0.2, -0.15) is 0 Å². The van der Waals surface area contributed by atoms with Crippen molar-refractivity contribution in [3.63, 3.8) is 0 Å². The predicted molar refractivity (Wildman–Crippen MR) is 119 cm³/mol. The number of nitrogens with zero attached hydrogens (tertiary/aromatic N) is 3. The second-order valence-electron chi connectivity index (χ2n) is 5.96. The van der Waals surface area contributed by atoms with Gasteiger partial charge in [0.2, 0.25) is 5.91 Å². The Balaban J connectivity index is 0.00000364. The number of carbonyl (C=O) groups is 2. The van der Waals surface area contributed by atoms with Crippen LogP contribution in [0.15, 0.2) is 29.3 Å². The van der Waals surface area contributed by atoms with Crippen LogP contribution in [-0.2, 0) is 4.79 Å². The molecule has 1 fully saturated rings. The van der Waals surface area contributed by atoms with Crippen molar-refractivity contribution in [1.29, 1.82) is 0 Å². The summed E-state index contributed by atoms with van der Waals surface area (Å²) in [5.41, 5.74) is 0.463. The Bertz CT molecular complexity index is 663. The van der Waals surface area contributed by atoms with Crippen LogP contribution in [-0.4, -0.2) is 73.4 Å². The molecule has 2 rings (SSSR count). The smallest absolute Gasteiger partial charge is 0.252 e. The van der Waals surface area contributed by atoms with E-state index >= 15 is 0 Å². The molecule has 1 saturated heterocycles. The molecule has 150 valence electrons. The first-order valence-electron chi connectivity index (χ1n) is 8.84. The Kier molecular flexibility index (Phi) is 10.5. The van der Waals surface area contributed by atoms with Crippen LogP contribution in [0.2, 0.25) is 5.02 Å². The van der Waals surface area contributed by atoms with E-state index in [1.54, 1.807) is 31.2 Å². The second-order valence-corrected chi connectivity index (χ2v) is 6.37. The molecule has 2 amide bonds. The SMILES string of the molecule is CCNC(=NCCNC(=O)c1ccccc1Cl)N1CCN(C(C)=O)CC1.I. The van der Waals surface area contributed by atoms with Crippen molar-refractivity contribution in [1.82, 2.24) is 20.4 Å². The lowest BCUT2D eigenvalue weighted by Crippen LogP contribution is -2.53. The van der Waals surface area contributed by atoms with E-state index in [0.29, 0.717) is 36.8 Å². The number of halogens is 2. The Morgan fingerprint density at radius 3 is 2.33 bits per heavy atom. The Labute approximate surface area is 182 Å². The van der Waals surface area contributed by atoms with Crippen LogP contribution in [0.1, 0.15) is 24.2 Å². The molecule has 0 aliphatic carbocycles. The molecule has 0 unspecified atom stereocenters. The maximum atomic E-state index is 12.1. The largest absolute Gasteiger partial charge is 0.357 e. The van der Waals surface area contributed by atoms with Crippen LogP contribution >= 0.6 is 35.6 Å². The molecule has 1 aromatic rings. The fourth-order valence-corrected chi connectivity index (χ4v) is 2.95. The Hall–Kier alpha value is -1.55. The van der Waals surface area contributed by atoms with E-state index in [-0.39, 0.29) is 35.8 Å². The molecular weight excluding hydrogens is 481 g/mol. The summed E-state index contributed by atoms with van der Waals surface area (Å²) in [5, 5.41) is 6.53. The highest BCUT2D eigenvalue weighted by Gasteiger charge is 2.20. The minimum Gasteiger partial charge on any atom is -0.357 e. The molecule has 1 aromatic carbocycles. The maximum Gasteiger partial charge on any atom is 0.252 e. The van der Waals surface area contributed by atoms with E-state index in [0.717, 1.165) is 25.6 Å². The van der Waals surface area contributed by atoms with Crippen molar-refractivity contribution >= 4 is 53.4 Å². The van der Waals surface area contributed by atoms with Gasteiger partial charge in [0.05, 0.1) is 17.1 Å². The highest BCUT2D eigenvalue weighted by molar-refractivity contribution is 14.0. The van der Waals surface area contributed by atoms with Crippen LogP contribution in [0.4, 0.5) is 0 Å². The molecule has 2 N–H and O–H groups in total.